The fourth-order valence-corrected chi connectivity index (χ4v) is 6.15. The van der Waals surface area contributed by atoms with E-state index in [1.54, 1.807) is 54.6 Å². The van der Waals surface area contributed by atoms with Gasteiger partial charge in [0.15, 0.2) is 11.1 Å². The van der Waals surface area contributed by atoms with Gasteiger partial charge in [0.25, 0.3) is 17.0 Å². The topological polar surface area (TPSA) is 136 Å². The first-order chi connectivity index (χ1) is 24.0. The van der Waals surface area contributed by atoms with Crippen LogP contribution in [0.5, 0.6) is 5.88 Å². The average Bonchev–Trinajstić information content (AvgIpc) is 3.64. The lowest BCUT2D eigenvalue weighted by molar-refractivity contribution is 0.0995. The van der Waals surface area contributed by atoms with Gasteiger partial charge >= 0.3 is 0 Å². The summed E-state index contributed by atoms with van der Waals surface area (Å²) in [5.41, 5.74) is 3.43. The van der Waals surface area contributed by atoms with Crippen molar-refractivity contribution in [1.29, 1.82) is 0 Å². The number of nitrogens with zero attached hydrogens (tertiary/aromatic N) is 4. The smallest absolute Gasteiger partial charge is 0.283 e. The zero-order valence-electron chi connectivity index (χ0n) is 25.7. The number of anilines is 1. The number of fused-ring (bicyclic) bond motifs is 2. The zero-order chi connectivity index (χ0) is 33.5. The highest BCUT2D eigenvalue weighted by molar-refractivity contribution is 6.11. The van der Waals surface area contributed by atoms with Gasteiger partial charge in [0.2, 0.25) is 5.88 Å². The highest BCUT2D eigenvalue weighted by Crippen LogP contribution is 2.37. The van der Waals surface area contributed by atoms with Gasteiger partial charge in [-0.2, -0.15) is 9.69 Å². The Morgan fingerprint density at radius 2 is 1.20 bits per heavy atom. The van der Waals surface area contributed by atoms with Crippen molar-refractivity contribution in [1.82, 2.24) is 19.7 Å². The van der Waals surface area contributed by atoms with Gasteiger partial charge in [-0.1, -0.05) is 103 Å². The number of allylic oxidation sites excluding steroid dienone is 1. The maximum absolute atomic E-state index is 13.9. The van der Waals surface area contributed by atoms with Crippen molar-refractivity contribution in [3.63, 3.8) is 0 Å². The van der Waals surface area contributed by atoms with Gasteiger partial charge in [0.1, 0.15) is 0 Å². The van der Waals surface area contributed by atoms with Crippen LogP contribution in [0.1, 0.15) is 15.9 Å². The van der Waals surface area contributed by atoms with E-state index in [9.17, 15) is 19.5 Å². The van der Waals surface area contributed by atoms with Crippen LogP contribution in [0.15, 0.2) is 142 Å². The van der Waals surface area contributed by atoms with Crippen molar-refractivity contribution in [3.05, 3.63) is 170 Å². The minimum atomic E-state index is -0.455. The molecule has 10 heteroatoms. The van der Waals surface area contributed by atoms with Crippen LogP contribution in [0.3, 0.4) is 0 Å². The predicted octanol–water partition coefficient (Wildman–Crippen LogP) is 5.13. The quantitative estimate of drug-likeness (QED) is 0.231. The van der Waals surface area contributed by atoms with Gasteiger partial charge in [-0.25, -0.2) is 0 Å². The summed E-state index contributed by atoms with van der Waals surface area (Å²) in [6.45, 7) is 0. The average molecular weight is 643 g/mol. The molecule has 3 aromatic heterocycles. The number of H-pyrrole nitrogens is 2. The third kappa shape index (κ3) is 5.04. The van der Waals surface area contributed by atoms with Crippen molar-refractivity contribution >= 4 is 34.8 Å². The number of amides is 1. The molecule has 0 bridgehead atoms. The van der Waals surface area contributed by atoms with Gasteiger partial charge in [-0.05, 0) is 47.5 Å². The summed E-state index contributed by atoms with van der Waals surface area (Å²) < 4.78 is 1.38. The molecule has 1 aliphatic rings. The summed E-state index contributed by atoms with van der Waals surface area (Å²) in [6.07, 6.45) is 4.76. The molecule has 3 N–H and O–H groups in total. The molecule has 0 saturated heterocycles. The largest absolute Gasteiger partial charge is 0.493 e. The maximum atomic E-state index is 13.9. The van der Waals surface area contributed by atoms with Crippen LogP contribution in [0.25, 0.3) is 51.1 Å². The molecule has 7 aromatic rings. The molecule has 4 aromatic carbocycles. The summed E-state index contributed by atoms with van der Waals surface area (Å²) in [7, 11) is 0. The minimum Gasteiger partial charge on any atom is -0.493 e. The number of hydrogen-bond donors (Lipinski definition) is 3. The molecule has 0 fully saturated rings. The molecule has 4 heterocycles. The molecular weight excluding hydrogens is 616 g/mol. The van der Waals surface area contributed by atoms with Crippen LogP contribution in [0, 0.1) is 0 Å². The molecule has 10 nitrogen and oxygen atoms in total. The number of aromatic nitrogens is 4. The summed E-state index contributed by atoms with van der Waals surface area (Å²) in [6, 6.07) is 36.5. The van der Waals surface area contributed by atoms with Crippen LogP contribution in [0.4, 0.5) is 5.69 Å². The van der Waals surface area contributed by atoms with Crippen molar-refractivity contribution in [3.8, 4) is 33.8 Å². The number of carbonyl (C=O) groups is 1. The van der Waals surface area contributed by atoms with Crippen molar-refractivity contribution < 1.29 is 9.90 Å². The van der Waals surface area contributed by atoms with Crippen LogP contribution in [-0.2, 0) is 0 Å². The first kappa shape index (κ1) is 29.3. The molecule has 0 atom stereocenters. The molecule has 0 aliphatic carbocycles. The molecule has 49 heavy (non-hydrogen) atoms. The lowest BCUT2D eigenvalue weighted by atomic mass is 9.97. The van der Waals surface area contributed by atoms with E-state index in [2.05, 4.69) is 20.2 Å². The highest BCUT2D eigenvalue weighted by atomic mass is 16.3. The molecule has 236 valence electrons. The number of nitrogens with one attached hydrogen (secondary N) is 2. The Balaban J connectivity index is 1.33. The Morgan fingerprint density at radius 3 is 1.84 bits per heavy atom. The zero-order valence-corrected chi connectivity index (χ0v) is 25.7. The molecular formula is C39H26N6O4. The Hall–Kier alpha value is -7.07. The second-order valence-electron chi connectivity index (χ2n) is 11.3. The predicted molar refractivity (Wildman–Crippen MR) is 189 cm³/mol. The van der Waals surface area contributed by atoms with Gasteiger partial charge < -0.3 is 15.1 Å². The first-order valence-electron chi connectivity index (χ1n) is 15.5. The summed E-state index contributed by atoms with van der Waals surface area (Å²) in [5, 5.41) is 22.3. The van der Waals surface area contributed by atoms with Gasteiger partial charge in [0, 0.05) is 21.9 Å². The molecule has 0 unspecified atom stereocenters. The minimum absolute atomic E-state index is 0.137. The van der Waals surface area contributed by atoms with Crippen molar-refractivity contribution in [2.75, 3.05) is 5.01 Å². The SMILES string of the molecule is O=C1c2c(-c3ccccc3)c(=CC=Cc3c(-c4ccccc4)c4c(O)n(-c5ccccc5)nc4[nH]c3=O)c(=O)[nH]c2=NN1c1ccccc1. The highest BCUT2D eigenvalue weighted by Gasteiger charge is 2.30. The van der Waals surface area contributed by atoms with Gasteiger partial charge in [-0.3, -0.25) is 14.4 Å². The number of carbonyl (C=O) groups excluding carboxylic acids is 1. The third-order valence-electron chi connectivity index (χ3n) is 8.35. The van der Waals surface area contributed by atoms with Crippen LogP contribution < -0.4 is 26.8 Å². The van der Waals surface area contributed by atoms with Crippen LogP contribution in [0.2, 0.25) is 0 Å². The number of aromatic amines is 2. The number of rotatable bonds is 6. The lowest BCUT2D eigenvalue weighted by Gasteiger charge is -2.12. The second-order valence-corrected chi connectivity index (χ2v) is 11.3. The fourth-order valence-electron chi connectivity index (χ4n) is 6.15. The standard InChI is InChI=1S/C39H26N6O4/c46-36-28(30(24-14-5-1-6-15-24)32-34(40-36)42-44(38(32)48)26-18-9-3-10-19-26)22-13-23-29-31(25-16-7-2-8-17-25)33-35(41-37(29)47)43-45(39(33)49)27-20-11-4-12-21-27/h1-23,48H,(H,40,42,46)(H,41,43,47). The Kier molecular flexibility index (Phi) is 7.15. The van der Waals surface area contributed by atoms with Gasteiger partial charge in [-0.15, -0.1) is 10.2 Å². The number of aromatic hydroxyl groups is 1. The van der Waals surface area contributed by atoms with E-state index in [0.717, 1.165) is 0 Å². The van der Waals surface area contributed by atoms with E-state index >= 15 is 0 Å². The van der Waals surface area contributed by atoms with Crippen molar-refractivity contribution in [2.45, 2.75) is 0 Å². The number of para-hydroxylation sites is 2. The Labute approximate surface area is 277 Å². The van der Waals surface area contributed by atoms with E-state index in [-0.39, 0.29) is 39.3 Å². The Morgan fingerprint density at radius 1 is 0.633 bits per heavy atom. The molecule has 8 rings (SSSR count). The van der Waals surface area contributed by atoms with Crippen LogP contribution >= 0.6 is 0 Å². The van der Waals surface area contributed by atoms with Gasteiger partial charge in [0.05, 0.1) is 22.3 Å². The van der Waals surface area contributed by atoms with E-state index in [1.807, 2.05) is 84.9 Å². The fraction of sp³-hybridized carbons (Fsp3) is 0. The second kappa shape index (κ2) is 11.9. The number of benzene rings is 4. The van der Waals surface area contributed by atoms with E-state index in [1.165, 1.54) is 9.69 Å². The summed E-state index contributed by atoms with van der Waals surface area (Å²) in [4.78, 5) is 46.8. The molecule has 0 radical (unpaired) electrons. The lowest BCUT2D eigenvalue weighted by Crippen LogP contribution is -2.38. The first-order valence-corrected chi connectivity index (χ1v) is 15.5. The molecule has 0 spiro atoms. The maximum Gasteiger partial charge on any atom is 0.283 e. The number of hydrogen-bond acceptors (Lipinski definition) is 6. The van der Waals surface area contributed by atoms with E-state index < -0.39 is 11.1 Å². The van der Waals surface area contributed by atoms with E-state index in [4.69, 9.17) is 0 Å². The molecule has 1 amide bonds. The normalized spacial score (nSPS) is 12.9. The van der Waals surface area contributed by atoms with Crippen LogP contribution in [-0.4, -0.2) is 30.8 Å². The summed E-state index contributed by atoms with van der Waals surface area (Å²) >= 11 is 0. The summed E-state index contributed by atoms with van der Waals surface area (Å²) in [5.74, 6) is -0.518. The molecule has 0 saturated carbocycles. The Bertz CT molecular complexity index is 2660. The molecule has 1 aliphatic heterocycles. The monoisotopic (exact) mass is 642 g/mol. The van der Waals surface area contributed by atoms with Crippen molar-refractivity contribution in [2.24, 2.45) is 5.10 Å². The van der Waals surface area contributed by atoms with E-state index in [0.29, 0.717) is 39.0 Å². The number of pyridine rings is 2. The third-order valence-corrected chi connectivity index (χ3v) is 8.35.